The number of hydrogen-bond donors (Lipinski definition) is 3. The van der Waals surface area contributed by atoms with E-state index in [0.29, 0.717) is 28.7 Å². The summed E-state index contributed by atoms with van der Waals surface area (Å²) in [4.78, 5) is 9.23. The van der Waals surface area contributed by atoms with Crippen LogP contribution in [0.25, 0.3) is 11.4 Å². The van der Waals surface area contributed by atoms with Crippen LogP contribution < -0.4 is 10.6 Å². The van der Waals surface area contributed by atoms with E-state index in [-0.39, 0.29) is 5.75 Å². The molecule has 4 aromatic rings. The molecule has 0 atom stereocenters. The molecule has 0 saturated carbocycles. The zero-order valence-electron chi connectivity index (χ0n) is 15.4. The Hall–Kier alpha value is -4.37. The standard InChI is InChI=1S/C23H17N5O/c24-15-16-9-11-18(12-10-16)25-21-14-22(26-19-7-4-8-20(29)13-19)28-23(27-21)17-5-2-1-3-6-17/h1-14,29H,(H2,25,26,27,28). The average Bonchev–Trinajstić information content (AvgIpc) is 2.75. The van der Waals surface area contributed by atoms with Gasteiger partial charge < -0.3 is 15.7 Å². The van der Waals surface area contributed by atoms with Gasteiger partial charge in [-0.15, -0.1) is 0 Å². The molecule has 0 saturated heterocycles. The third-order valence-electron chi connectivity index (χ3n) is 4.16. The largest absolute Gasteiger partial charge is 0.508 e. The van der Waals surface area contributed by atoms with E-state index in [2.05, 4.69) is 26.7 Å². The fraction of sp³-hybridized carbons (Fsp3) is 0. The molecule has 6 heteroatoms. The molecule has 0 bridgehead atoms. The zero-order valence-corrected chi connectivity index (χ0v) is 15.4. The van der Waals surface area contributed by atoms with Crippen LogP contribution in [-0.4, -0.2) is 15.1 Å². The third-order valence-corrected chi connectivity index (χ3v) is 4.16. The summed E-state index contributed by atoms with van der Waals surface area (Å²) in [6.45, 7) is 0. The second-order valence-corrected chi connectivity index (χ2v) is 6.32. The van der Waals surface area contributed by atoms with Gasteiger partial charge in [0.1, 0.15) is 17.4 Å². The van der Waals surface area contributed by atoms with Crippen LogP contribution in [0, 0.1) is 11.3 Å². The monoisotopic (exact) mass is 379 g/mol. The molecule has 0 aliphatic carbocycles. The molecule has 0 aliphatic rings. The van der Waals surface area contributed by atoms with Crippen LogP contribution in [-0.2, 0) is 0 Å². The quantitative estimate of drug-likeness (QED) is 0.441. The van der Waals surface area contributed by atoms with E-state index < -0.39 is 0 Å². The maximum absolute atomic E-state index is 9.71. The fourth-order valence-corrected chi connectivity index (χ4v) is 2.80. The van der Waals surface area contributed by atoms with Gasteiger partial charge in [0.15, 0.2) is 5.82 Å². The van der Waals surface area contributed by atoms with Gasteiger partial charge in [-0.25, -0.2) is 9.97 Å². The van der Waals surface area contributed by atoms with Crippen molar-refractivity contribution in [2.45, 2.75) is 0 Å². The summed E-state index contributed by atoms with van der Waals surface area (Å²) in [6.07, 6.45) is 0. The number of nitrogens with one attached hydrogen (secondary N) is 2. The van der Waals surface area contributed by atoms with Gasteiger partial charge in [0, 0.05) is 29.1 Å². The lowest BCUT2D eigenvalue weighted by Gasteiger charge is -2.12. The van der Waals surface area contributed by atoms with Crippen molar-refractivity contribution in [1.29, 1.82) is 5.26 Å². The number of phenolic OH excluding ortho intramolecular Hbond substituents is 1. The Morgan fingerprint density at radius 1 is 0.724 bits per heavy atom. The van der Waals surface area contributed by atoms with Crippen molar-refractivity contribution in [3.63, 3.8) is 0 Å². The molecule has 0 amide bonds. The number of nitrogens with zero attached hydrogens (tertiary/aromatic N) is 3. The summed E-state index contributed by atoms with van der Waals surface area (Å²) in [5.74, 6) is 1.92. The van der Waals surface area contributed by atoms with E-state index in [1.807, 2.05) is 48.5 Å². The summed E-state index contributed by atoms with van der Waals surface area (Å²) in [5.41, 5.74) is 3.00. The predicted octanol–water partition coefficient (Wildman–Crippen LogP) is 5.21. The van der Waals surface area contributed by atoms with Gasteiger partial charge in [0.25, 0.3) is 0 Å². The van der Waals surface area contributed by atoms with Crippen LogP contribution in [0.1, 0.15) is 5.56 Å². The highest BCUT2D eigenvalue weighted by atomic mass is 16.3. The Labute approximate surface area is 168 Å². The molecule has 1 aromatic heterocycles. The van der Waals surface area contributed by atoms with E-state index in [1.54, 1.807) is 36.4 Å². The van der Waals surface area contributed by atoms with E-state index in [1.165, 1.54) is 0 Å². The minimum Gasteiger partial charge on any atom is -0.508 e. The number of anilines is 4. The van der Waals surface area contributed by atoms with Crippen LogP contribution in [0.4, 0.5) is 23.0 Å². The predicted molar refractivity (Wildman–Crippen MR) is 113 cm³/mol. The molecule has 29 heavy (non-hydrogen) atoms. The van der Waals surface area contributed by atoms with E-state index in [4.69, 9.17) is 5.26 Å². The minimum absolute atomic E-state index is 0.170. The Morgan fingerprint density at radius 3 is 2.07 bits per heavy atom. The smallest absolute Gasteiger partial charge is 0.163 e. The van der Waals surface area contributed by atoms with Crippen LogP contribution >= 0.6 is 0 Å². The first-order valence-corrected chi connectivity index (χ1v) is 8.97. The van der Waals surface area contributed by atoms with Gasteiger partial charge >= 0.3 is 0 Å². The first kappa shape index (κ1) is 18.0. The zero-order chi connectivity index (χ0) is 20.1. The molecule has 0 unspecified atom stereocenters. The van der Waals surface area contributed by atoms with Gasteiger partial charge in [0.2, 0.25) is 0 Å². The molecule has 0 fully saturated rings. The molecule has 1 heterocycles. The van der Waals surface area contributed by atoms with Crippen molar-refractivity contribution in [1.82, 2.24) is 9.97 Å². The lowest BCUT2D eigenvalue weighted by Crippen LogP contribution is -2.01. The van der Waals surface area contributed by atoms with Crippen molar-refractivity contribution in [2.24, 2.45) is 0 Å². The Morgan fingerprint density at radius 2 is 1.41 bits per heavy atom. The van der Waals surface area contributed by atoms with E-state index in [9.17, 15) is 5.11 Å². The molecule has 0 aliphatic heterocycles. The first-order valence-electron chi connectivity index (χ1n) is 8.97. The topological polar surface area (TPSA) is 93.9 Å². The summed E-state index contributed by atoms with van der Waals surface area (Å²) < 4.78 is 0. The van der Waals surface area contributed by atoms with Crippen molar-refractivity contribution < 1.29 is 5.11 Å². The Kier molecular flexibility index (Phi) is 5.04. The molecule has 3 N–H and O–H groups in total. The van der Waals surface area contributed by atoms with Crippen LogP contribution in [0.15, 0.2) is 84.9 Å². The maximum atomic E-state index is 9.71. The maximum Gasteiger partial charge on any atom is 0.163 e. The minimum atomic E-state index is 0.170. The second-order valence-electron chi connectivity index (χ2n) is 6.32. The molecule has 4 rings (SSSR count). The van der Waals surface area contributed by atoms with Gasteiger partial charge in [0.05, 0.1) is 11.6 Å². The first-order chi connectivity index (χ1) is 14.2. The van der Waals surface area contributed by atoms with Gasteiger partial charge in [-0.1, -0.05) is 36.4 Å². The van der Waals surface area contributed by atoms with Gasteiger partial charge in [-0.2, -0.15) is 5.26 Å². The van der Waals surface area contributed by atoms with Crippen LogP contribution in [0.3, 0.4) is 0 Å². The average molecular weight is 379 g/mol. The molecule has 140 valence electrons. The Bertz CT molecular complexity index is 1170. The summed E-state index contributed by atoms with van der Waals surface area (Å²) in [6, 6.07) is 27.6. The summed E-state index contributed by atoms with van der Waals surface area (Å²) in [7, 11) is 0. The number of rotatable bonds is 5. The number of aromatic nitrogens is 2. The van der Waals surface area contributed by atoms with E-state index >= 15 is 0 Å². The number of hydrogen-bond acceptors (Lipinski definition) is 6. The summed E-state index contributed by atoms with van der Waals surface area (Å²) >= 11 is 0. The van der Waals surface area contributed by atoms with Crippen molar-refractivity contribution in [2.75, 3.05) is 10.6 Å². The Balaban J connectivity index is 1.70. The SMILES string of the molecule is N#Cc1ccc(Nc2cc(Nc3cccc(O)c3)nc(-c3ccccc3)n2)cc1. The molecule has 0 spiro atoms. The highest BCUT2D eigenvalue weighted by Crippen LogP contribution is 2.26. The van der Waals surface area contributed by atoms with Gasteiger partial charge in [-0.05, 0) is 36.4 Å². The van der Waals surface area contributed by atoms with Crippen molar-refractivity contribution >= 4 is 23.0 Å². The van der Waals surface area contributed by atoms with Crippen molar-refractivity contribution in [3.05, 3.63) is 90.5 Å². The molecule has 6 nitrogen and oxygen atoms in total. The summed E-state index contributed by atoms with van der Waals surface area (Å²) in [5, 5.41) is 25.1. The van der Waals surface area contributed by atoms with Crippen LogP contribution in [0.2, 0.25) is 0 Å². The highest BCUT2D eigenvalue weighted by Gasteiger charge is 2.08. The van der Waals surface area contributed by atoms with E-state index in [0.717, 1.165) is 11.3 Å². The second kappa shape index (κ2) is 8.11. The molecular weight excluding hydrogens is 362 g/mol. The van der Waals surface area contributed by atoms with Gasteiger partial charge in [-0.3, -0.25) is 0 Å². The van der Waals surface area contributed by atoms with Crippen molar-refractivity contribution in [3.8, 4) is 23.2 Å². The third kappa shape index (κ3) is 4.49. The fourth-order valence-electron chi connectivity index (χ4n) is 2.80. The molecule has 3 aromatic carbocycles. The normalized spacial score (nSPS) is 10.2. The molecular formula is C23H17N5O. The highest BCUT2D eigenvalue weighted by molar-refractivity contribution is 5.68. The lowest BCUT2D eigenvalue weighted by atomic mass is 10.2. The number of nitriles is 1. The van der Waals surface area contributed by atoms with Crippen LogP contribution in [0.5, 0.6) is 5.75 Å². The number of phenols is 1. The lowest BCUT2D eigenvalue weighted by molar-refractivity contribution is 0.475. The molecule has 0 radical (unpaired) electrons. The number of aromatic hydroxyl groups is 1. The number of benzene rings is 3.